The number of carbonyl (C=O) groups excluding carboxylic acids is 1. The summed E-state index contributed by atoms with van der Waals surface area (Å²) in [6.45, 7) is 8.82. The summed E-state index contributed by atoms with van der Waals surface area (Å²) in [4.78, 5) is 15.7. The highest BCUT2D eigenvalue weighted by Crippen LogP contribution is 2.40. The van der Waals surface area contributed by atoms with Gasteiger partial charge in [0.2, 0.25) is 0 Å². The van der Waals surface area contributed by atoms with E-state index in [1.54, 1.807) is 4.90 Å². The van der Waals surface area contributed by atoms with Crippen LogP contribution in [-0.2, 0) is 17.5 Å². The molecule has 0 N–H and O–H groups in total. The average Bonchev–Trinajstić information content (AvgIpc) is 2.37. The molecule has 138 valence electrons. The molecule has 0 radical (unpaired) electrons. The summed E-state index contributed by atoms with van der Waals surface area (Å²) in [5, 5.41) is 6.88. The number of nitrogens with zero attached hydrogens (tertiary/aromatic N) is 4. The number of halogens is 3. The Morgan fingerprint density at radius 2 is 1.80 bits per heavy atom. The van der Waals surface area contributed by atoms with Gasteiger partial charge in [-0.25, -0.2) is 4.79 Å². The van der Waals surface area contributed by atoms with E-state index in [1.807, 2.05) is 20.8 Å². The van der Waals surface area contributed by atoms with E-state index >= 15 is 0 Å². The Labute approximate surface area is 143 Å². The highest BCUT2D eigenvalue weighted by molar-refractivity contribution is 5.69. The maximum atomic E-state index is 12.5. The number of aromatic nitrogens is 2. The number of rotatable bonds is 2. The van der Waals surface area contributed by atoms with Gasteiger partial charge in [-0.2, -0.15) is 18.3 Å². The van der Waals surface area contributed by atoms with Crippen molar-refractivity contribution in [3.63, 3.8) is 0 Å². The van der Waals surface area contributed by atoms with Crippen LogP contribution >= 0.6 is 0 Å². The molecular weight excluding hydrogens is 337 g/mol. The summed E-state index contributed by atoms with van der Waals surface area (Å²) in [5.41, 5.74) is -0.905. The number of hydrogen-bond acceptors (Lipinski definition) is 5. The quantitative estimate of drug-likeness (QED) is 0.813. The molecule has 2 fully saturated rings. The van der Waals surface area contributed by atoms with Crippen LogP contribution in [0.1, 0.15) is 32.2 Å². The summed E-state index contributed by atoms with van der Waals surface area (Å²) in [5.74, 6) is 0. The Kier molecular flexibility index (Phi) is 4.17. The van der Waals surface area contributed by atoms with Crippen molar-refractivity contribution in [1.82, 2.24) is 20.0 Å². The third-order valence-corrected chi connectivity index (χ3v) is 4.22. The molecule has 2 saturated heterocycles. The standard InChI is InChI=1S/C16H21F3N4O2/c1-14(2,3)25-13(24)23-9-15(10-23)7-22(8-15)6-11-4-5-12(21-20-11)16(17,18)19/h4-5H,6-10H2,1-3H3. The van der Waals surface area contributed by atoms with Gasteiger partial charge >= 0.3 is 12.3 Å². The van der Waals surface area contributed by atoms with Crippen LogP contribution in [0.3, 0.4) is 0 Å². The zero-order valence-corrected chi connectivity index (χ0v) is 14.4. The van der Waals surface area contributed by atoms with Crippen molar-refractivity contribution in [1.29, 1.82) is 0 Å². The maximum absolute atomic E-state index is 12.5. The first-order chi connectivity index (χ1) is 11.5. The largest absolute Gasteiger partial charge is 0.444 e. The molecule has 3 rings (SSSR count). The van der Waals surface area contributed by atoms with Crippen molar-refractivity contribution in [2.24, 2.45) is 5.41 Å². The van der Waals surface area contributed by atoms with Crippen LogP contribution in [0.5, 0.6) is 0 Å². The van der Waals surface area contributed by atoms with Crippen LogP contribution in [0, 0.1) is 5.41 Å². The SMILES string of the molecule is CC(C)(C)OC(=O)N1CC2(CN(Cc3ccc(C(F)(F)F)nn3)C2)C1. The molecular formula is C16H21F3N4O2. The molecule has 1 spiro atoms. The minimum atomic E-state index is -4.47. The average molecular weight is 358 g/mol. The van der Waals surface area contributed by atoms with Crippen LogP contribution in [0.2, 0.25) is 0 Å². The van der Waals surface area contributed by atoms with Crippen molar-refractivity contribution in [2.45, 2.75) is 39.1 Å². The molecule has 3 heterocycles. The highest BCUT2D eigenvalue weighted by atomic mass is 19.4. The summed E-state index contributed by atoms with van der Waals surface area (Å²) in [6.07, 6.45) is -4.77. The van der Waals surface area contributed by atoms with Crippen molar-refractivity contribution in [3.05, 3.63) is 23.5 Å². The lowest BCUT2D eigenvalue weighted by molar-refractivity contribution is -0.141. The predicted molar refractivity (Wildman–Crippen MR) is 82.6 cm³/mol. The van der Waals surface area contributed by atoms with Gasteiger partial charge in [-0.1, -0.05) is 0 Å². The van der Waals surface area contributed by atoms with Gasteiger partial charge in [0.1, 0.15) is 5.60 Å². The molecule has 0 atom stereocenters. The third-order valence-electron chi connectivity index (χ3n) is 4.22. The number of likely N-dealkylation sites (tertiary alicyclic amines) is 2. The molecule has 2 aliphatic heterocycles. The topological polar surface area (TPSA) is 58.6 Å². The summed E-state index contributed by atoms with van der Waals surface area (Å²) >= 11 is 0. The Bertz CT molecular complexity index is 641. The molecule has 0 unspecified atom stereocenters. The lowest BCUT2D eigenvalue weighted by Crippen LogP contribution is -2.72. The highest BCUT2D eigenvalue weighted by Gasteiger charge is 2.53. The van der Waals surface area contributed by atoms with Crippen LogP contribution in [0.25, 0.3) is 0 Å². The summed E-state index contributed by atoms with van der Waals surface area (Å²) < 4.78 is 42.7. The first-order valence-electron chi connectivity index (χ1n) is 8.06. The van der Waals surface area contributed by atoms with E-state index in [9.17, 15) is 18.0 Å². The molecule has 2 aliphatic rings. The van der Waals surface area contributed by atoms with Gasteiger partial charge in [0.15, 0.2) is 5.69 Å². The van der Waals surface area contributed by atoms with E-state index in [0.29, 0.717) is 25.3 Å². The molecule has 9 heteroatoms. The zero-order valence-electron chi connectivity index (χ0n) is 14.4. The van der Waals surface area contributed by atoms with Gasteiger partial charge in [-0.05, 0) is 32.9 Å². The molecule has 0 aliphatic carbocycles. The number of alkyl halides is 3. The van der Waals surface area contributed by atoms with Crippen LogP contribution < -0.4 is 0 Å². The Morgan fingerprint density at radius 1 is 1.16 bits per heavy atom. The first-order valence-corrected chi connectivity index (χ1v) is 8.06. The van der Waals surface area contributed by atoms with E-state index in [-0.39, 0.29) is 11.5 Å². The fourth-order valence-corrected chi connectivity index (χ4v) is 3.26. The second-order valence-electron chi connectivity index (χ2n) is 7.89. The van der Waals surface area contributed by atoms with Gasteiger partial charge < -0.3 is 9.64 Å². The fraction of sp³-hybridized carbons (Fsp3) is 0.688. The second-order valence-corrected chi connectivity index (χ2v) is 7.89. The maximum Gasteiger partial charge on any atom is 0.435 e. The molecule has 6 nitrogen and oxygen atoms in total. The Balaban J connectivity index is 1.44. The fourth-order valence-electron chi connectivity index (χ4n) is 3.26. The second kappa shape index (κ2) is 5.82. The minimum absolute atomic E-state index is 0.0796. The van der Waals surface area contributed by atoms with Crippen molar-refractivity contribution in [3.8, 4) is 0 Å². The van der Waals surface area contributed by atoms with Crippen LogP contribution in [0.15, 0.2) is 12.1 Å². The van der Waals surface area contributed by atoms with Crippen molar-refractivity contribution in [2.75, 3.05) is 26.2 Å². The van der Waals surface area contributed by atoms with E-state index in [4.69, 9.17) is 4.74 Å². The minimum Gasteiger partial charge on any atom is -0.444 e. The normalized spacial score (nSPS) is 20.2. The van der Waals surface area contributed by atoms with Crippen molar-refractivity contribution >= 4 is 6.09 Å². The number of carbonyl (C=O) groups is 1. The van der Waals surface area contributed by atoms with E-state index < -0.39 is 17.5 Å². The van der Waals surface area contributed by atoms with E-state index in [0.717, 1.165) is 19.2 Å². The van der Waals surface area contributed by atoms with Crippen LogP contribution in [-0.4, -0.2) is 57.9 Å². The molecule has 0 saturated carbocycles. The number of amides is 1. The molecule has 1 aromatic heterocycles. The smallest absolute Gasteiger partial charge is 0.435 e. The zero-order chi connectivity index (χ0) is 18.5. The third kappa shape index (κ3) is 4.02. The molecule has 1 amide bonds. The lowest BCUT2D eigenvalue weighted by Gasteiger charge is -2.59. The summed E-state index contributed by atoms with van der Waals surface area (Å²) in [6, 6.07) is 2.31. The van der Waals surface area contributed by atoms with E-state index in [2.05, 4.69) is 15.1 Å². The molecule has 25 heavy (non-hydrogen) atoms. The Hall–Kier alpha value is -1.90. The summed E-state index contributed by atoms with van der Waals surface area (Å²) in [7, 11) is 0. The molecule has 1 aromatic rings. The molecule has 0 bridgehead atoms. The van der Waals surface area contributed by atoms with Gasteiger partial charge in [-0.15, -0.1) is 5.10 Å². The van der Waals surface area contributed by atoms with E-state index in [1.165, 1.54) is 6.07 Å². The molecule has 0 aromatic carbocycles. The van der Waals surface area contributed by atoms with Crippen molar-refractivity contribution < 1.29 is 22.7 Å². The number of ether oxygens (including phenoxy) is 1. The van der Waals surface area contributed by atoms with Gasteiger partial charge in [-0.3, -0.25) is 4.90 Å². The predicted octanol–water partition coefficient (Wildman–Crippen LogP) is 2.55. The van der Waals surface area contributed by atoms with Gasteiger partial charge in [0.05, 0.1) is 5.69 Å². The monoisotopic (exact) mass is 358 g/mol. The van der Waals surface area contributed by atoms with Gasteiger partial charge in [0, 0.05) is 38.1 Å². The number of hydrogen-bond donors (Lipinski definition) is 0. The lowest BCUT2D eigenvalue weighted by atomic mass is 9.73. The van der Waals surface area contributed by atoms with Crippen LogP contribution in [0.4, 0.5) is 18.0 Å². The van der Waals surface area contributed by atoms with Gasteiger partial charge in [0.25, 0.3) is 0 Å². The Morgan fingerprint density at radius 3 is 2.28 bits per heavy atom. The first kappa shape index (κ1) is 17.9.